The van der Waals surface area contributed by atoms with Crippen molar-refractivity contribution in [2.75, 3.05) is 45.4 Å². The van der Waals surface area contributed by atoms with Crippen molar-refractivity contribution in [2.24, 2.45) is 0 Å². The number of nitrogens with zero attached hydrogens (tertiary/aromatic N) is 2. The number of aromatic nitrogens is 2. The molecule has 0 radical (unpaired) electrons. The highest BCUT2D eigenvalue weighted by atomic mass is 79.9. The Labute approximate surface area is 125 Å². The average Bonchev–Trinajstić information content (AvgIpc) is 2.49. The Balaban J connectivity index is 1.97. The Morgan fingerprint density at radius 3 is 3.15 bits per heavy atom. The summed E-state index contributed by atoms with van der Waals surface area (Å²) in [6.07, 6.45) is 1.61. The van der Waals surface area contributed by atoms with Gasteiger partial charge < -0.3 is 19.5 Å². The topological polar surface area (TPSA) is 74.6 Å². The molecule has 20 heavy (non-hydrogen) atoms. The second kappa shape index (κ2) is 7.72. The molecule has 1 aliphatic rings. The molecule has 1 aromatic heterocycles. The van der Waals surface area contributed by atoms with E-state index < -0.39 is 0 Å². The van der Waals surface area contributed by atoms with E-state index in [0.717, 1.165) is 0 Å². The molecule has 1 saturated heterocycles. The first-order valence-electron chi connectivity index (χ1n) is 6.40. The van der Waals surface area contributed by atoms with E-state index in [0.29, 0.717) is 49.7 Å². The van der Waals surface area contributed by atoms with E-state index in [1.165, 1.54) is 4.68 Å². The molecule has 112 valence electrons. The van der Waals surface area contributed by atoms with Crippen molar-refractivity contribution in [3.8, 4) is 0 Å². The molecule has 0 amide bonds. The number of nitrogens with one attached hydrogen (secondary N) is 1. The zero-order chi connectivity index (χ0) is 14.4. The molecule has 0 aliphatic carbocycles. The Morgan fingerprint density at radius 1 is 1.60 bits per heavy atom. The van der Waals surface area contributed by atoms with Crippen LogP contribution in [-0.4, -0.2) is 56.0 Å². The van der Waals surface area contributed by atoms with Crippen molar-refractivity contribution in [1.82, 2.24) is 9.78 Å². The lowest BCUT2D eigenvalue weighted by Crippen LogP contribution is -2.35. The molecule has 0 saturated carbocycles. The van der Waals surface area contributed by atoms with Crippen LogP contribution in [0.25, 0.3) is 0 Å². The van der Waals surface area contributed by atoms with Crippen LogP contribution >= 0.6 is 15.9 Å². The lowest BCUT2D eigenvalue weighted by molar-refractivity contribution is -0.0818. The van der Waals surface area contributed by atoms with E-state index in [1.807, 2.05) is 0 Å². The van der Waals surface area contributed by atoms with Crippen LogP contribution in [0.2, 0.25) is 0 Å². The van der Waals surface area contributed by atoms with Crippen LogP contribution in [0.4, 0.5) is 5.69 Å². The highest BCUT2D eigenvalue weighted by molar-refractivity contribution is 9.10. The normalized spacial score (nSPS) is 19.0. The van der Waals surface area contributed by atoms with Gasteiger partial charge in [0.1, 0.15) is 4.47 Å². The molecule has 2 heterocycles. The van der Waals surface area contributed by atoms with Crippen molar-refractivity contribution in [2.45, 2.75) is 12.6 Å². The van der Waals surface area contributed by atoms with Gasteiger partial charge in [-0.25, -0.2) is 4.68 Å². The molecule has 1 aromatic rings. The molecule has 1 fully saturated rings. The van der Waals surface area contributed by atoms with E-state index >= 15 is 0 Å². The smallest absolute Gasteiger partial charge is 0.283 e. The predicted molar refractivity (Wildman–Crippen MR) is 77.1 cm³/mol. The molecule has 1 unspecified atom stereocenters. The Hall–Kier alpha value is -0.960. The lowest BCUT2D eigenvalue weighted by Gasteiger charge is -2.23. The average molecular weight is 348 g/mol. The molecule has 8 heteroatoms. The van der Waals surface area contributed by atoms with E-state index in [1.54, 1.807) is 13.3 Å². The molecule has 2 rings (SSSR count). The van der Waals surface area contributed by atoms with Gasteiger partial charge in [0, 0.05) is 13.7 Å². The van der Waals surface area contributed by atoms with Gasteiger partial charge in [0.15, 0.2) is 0 Å². The van der Waals surface area contributed by atoms with Crippen molar-refractivity contribution < 1.29 is 14.2 Å². The molecule has 0 aromatic carbocycles. The minimum atomic E-state index is -0.187. The van der Waals surface area contributed by atoms with E-state index in [2.05, 4.69) is 26.3 Å². The summed E-state index contributed by atoms with van der Waals surface area (Å²) < 4.78 is 17.6. The Kier molecular flexibility index (Phi) is 5.96. The molecule has 1 atom stereocenters. The first-order chi connectivity index (χ1) is 9.72. The number of hydrogen-bond donors (Lipinski definition) is 1. The molecule has 1 aliphatic heterocycles. The van der Waals surface area contributed by atoms with Crippen LogP contribution < -0.4 is 10.9 Å². The summed E-state index contributed by atoms with van der Waals surface area (Å²) in [5.74, 6) is 0. The van der Waals surface area contributed by atoms with Crippen LogP contribution in [-0.2, 0) is 20.8 Å². The summed E-state index contributed by atoms with van der Waals surface area (Å²) in [4.78, 5) is 12.0. The van der Waals surface area contributed by atoms with Crippen LogP contribution in [0.5, 0.6) is 0 Å². The van der Waals surface area contributed by atoms with Gasteiger partial charge in [-0.3, -0.25) is 4.79 Å². The van der Waals surface area contributed by atoms with E-state index in [-0.39, 0.29) is 11.7 Å². The van der Waals surface area contributed by atoms with Gasteiger partial charge in [-0.2, -0.15) is 5.10 Å². The SMILES string of the molecule is COCCn1ncc(NCC2COCCO2)c(Br)c1=O. The van der Waals surface area contributed by atoms with Gasteiger partial charge in [-0.15, -0.1) is 0 Å². The maximum Gasteiger partial charge on any atom is 0.283 e. The van der Waals surface area contributed by atoms with Crippen molar-refractivity contribution in [3.63, 3.8) is 0 Å². The number of methoxy groups -OCH3 is 1. The third-order valence-electron chi connectivity index (χ3n) is 2.90. The molecular weight excluding hydrogens is 330 g/mol. The van der Waals surface area contributed by atoms with E-state index in [4.69, 9.17) is 14.2 Å². The summed E-state index contributed by atoms with van der Waals surface area (Å²) in [5.41, 5.74) is 0.464. The molecular formula is C12H18BrN3O4. The second-order valence-electron chi connectivity index (χ2n) is 4.34. The third kappa shape index (κ3) is 4.02. The molecule has 7 nitrogen and oxygen atoms in total. The Morgan fingerprint density at radius 2 is 2.45 bits per heavy atom. The number of hydrogen-bond acceptors (Lipinski definition) is 6. The van der Waals surface area contributed by atoms with Crippen molar-refractivity contribution in [3.05, 3.63) is 21.0 Å². The lowest BCUT2D eigenvalue weighted by atomic mass is 10.3. The van der Waals surface area contributed by atoms with Crippen molar-refractivity contribution >= 4 is 21.6 Å². The fourth-order valence-electron chi connectivity index (χ4n) is 1.80. The zero-order valence-corrected chi connectivity index (χ0v) is 12.9. The van der Waals surface area contributed by atoms with Crippen LogP contribution in [0, 0.1) is 0 Å². The van der Waals surface area contributed by atoms with Gasteiger partial charge in [0.05, 0.1) is 51.0 Å². The summed E-state index contributed by atoms with van der Waals surface area (Å²) in [5, 5.41) is 7.25. The van der Waals surface area contributed by atoms with Crippen LogP contribution in [0.15, 0.2) is 15.5 Å². The van der Waals surface area contributed by atoms with Gasteiger partial charge in [-0.1, -0.05) is 0 Å². The predicted octanol–water partition coefficient (Wildman–Crippen LogP) is 0.479. The maximum absolute atomic E-state index is 12.0. The quantitative estimate of drug-likeness (QED) is 0.806. The molecule has 1 N–H and O–H groups in total. The first kappa shape index (κ1) is 15.4. The second-order valence-corrected chi connectivity index (χ2v) is 5.13. The number of anilines is 1. The minimum absolute atomic E-state index is 0.00780. The maximum atomic E-state index is 12.0. The number of halogens is 1. The fourth-order valence-corrected chi connectivity index (χ4v) is 2.25. The van der Waals surface area contributed by atoms with Crippen LogP contribution in [0.3, 0.4) is 0 Å². The summed E-state index contributed by atoms with van der Waals surface area (Å²) in [7, 11) is 1.59. The molecule has 0 spiro atoms. The third-order valence-corrected chi connectivity index (χ3v) is 3.66. The van der Waals surface area contributed by atoms with E-state index in [9.17, 15) is 4.79 Å². The first-order valence-corrected chi connectivity index (χ1v) is 7.19. The standard InChI is InChI=1S/C12H18BrN3O4/c1-18-3-2-16-12(17)11(13)10(7-15-16)14-6-9-8-19-4-5-20-9/h7,9,14H,2-6,8H2,1H3. The fraction of sp³-hybridized carbons (Fsp3) is 0.667. The highest BCUT2D eigenvalue weighted by Crippen LogP contribution is 2.16. The number of ether oxygens (including phenoxy) is 3. The van der Waals surface area contributed by atoms with Gasteiger partial charge >= 0.3 is 0 Å². The Bertz CT molecular complexity index is 488. The summed E-state index contributed by atoms with van der Waals surface area (Å²) in [6, 6.07) is 0. The van der Waals surface area contributed by atoms with Crippen LogP contribution in [0.1, 0.15) is 0 Å². The van der Waals surface area contributed by atoms with Crippen molar-refractivity contribution in [1.29, 1.82) is 0 Å². The van der Waals surface area contributed by atoms with Gasteiger partial charge in [0.2, 0.25) is 0 Å². The monoisotopic (exact) mass is 347 g/mol. The number of rotatable bonds is 6. The summed E-state index contributed by atoms with van der Waals surface area (Å²) in [6.45, 7) is 3.24. The van der Waals surface area contributed by atoms with Gasteiger partial charge in [-0.05, 0) is 15.9 Å². The minimum Gasteiger partial charge on any atom is -0.383 e. The summed E-state index contributed by atoms with van der Waals surface area (Å²) >= 11 is 3.30. The zero-order valence-electron chi connectivity index (χ0n) is 11.3. The van der Waals surface area contributed by atoms with Gasteiger partial charge in [0.25, 0.3) is 5.56 Å². The highest BCUT2D eigenvalue weighted by Gasteiger charge is 2.15. The largest absolute Gasteiger partial charge is 0.383 e. The molecule has 0 bridgehead atoms.